The predicted molar refractivity (Wildman–Crippen MR) is 61.7 cm³/mol. The van der Waals surface area contributed by atoms with E-state index in [0.717, 1.165) is 18.8 Å². The van der Waals surface area contributed by atoms with Crippen molar-refractivity contribution in [3.8, 4) is 5.75 Å². The summed E-state index contributed by atoms with van der Waals surface area (Å²) >= 11 is 0. The van der Waals surface area contributed by atoms with Crippen molar-refractivity contribution < 1.29 is 4.74 Å². The van der Waals surface area contributed by atoms with Gasteiger partial charge in [-0.1, -0.05) is 24.3 Å². The molecule has 1 aromatic rings. The first-order chi connectivity index (χ1) is 7.38. The van der Waals surface area contributed by atoms with Gasteiger partial charge in [0.1, 0.15) is 5.75 Å². The van der Waals surface area contributed by atoms with Crippen molar-refractivity contribution >= 4 is 0 Å². The molecule has 15 heavy (non-hydrogen) atoms. The zero-order valence-corrected chi connectivity index (χ0v) is 8.89. The van der Waals surface area contributed by atoms with Gasteiger partial charge in [0.2, 0.25) is 0 Å². The van der Waals surface area contributed by atoms with Crippen LogP contribution in [0.5, 0.6) is 5.75 Å². The van der Waals surface area contributed by atoms with Crippen LogP contribution in [0.2, 0.25) is 0 Å². The van der Waals surface area contributed by atoms with Gasteiger partial charge in [-0.3, -0.25) is 0 Å². The minimum Gasteiger partial charge on any atom is -0.497 e. The molecular weight excluding hydrogens is 186 g/mol. The molecule has 0 aliphatic carbocycles. The first-order valence-corrected chi connectivity index (χ1v) is 5.09. The Balaban J connectivity index is 1.98. The molecule has 1 aliphatic rings. The topological polar surface area (TPSA) is 12.5 Å². The highest BCUT2D eigenvalue weighted by molar-refractivity contribution is 5.27. The van der Waals surface area contributed by atoms with E-state index in [0.29, 0.717) is 0 Å². The molecule has 2 rings (SSSR count). The molecule has 2 heteroatoms. The molecule has 0 saturated heterocycles. The van der Waals surface area contributed by atoms with Crippen molar-refractivity contribution in [1.29, 1.82) is 0 Å². The van der Waals surface area contributed by atoms with Crippen molar-refractivity contribution in [2.24, 2.45) is 0 Å². The maximum Gasteiger partial charge on any atom is 0.118 e. The summed E-state index contributed by atoms with van der Waals surface area (Å²) in [4.78, 5) is 2.27. The van der Waals surface area contributed by atoms with E-state index in [-0.39, 0.29) is 0 Å². The highest BCUT2D eigenvalue weighted by Crippen LogP contribution is 2.13. The molecule has 0 saturated carbocycles. The van der Waals surface area contributed by atoms with Gasteiger partial charge in [0.15, 0.2) is 0 Å². The van der Waals surface area contributed by atoms with E-state index >= 15 is 0 Å². The number of hydrogen-bond donors (Lipinski definition) is 0. The van der Waals surface area contributed by atoms with Crippen LogP contribution in [0.3, 0.4) is 0 Å². The molecule has 1 aliphatic heterocycles. The Morgan fingerprint density at radius 3 is 2.60 bits per heavy atom. The van der Waals surface area contributed by atoms with Crippen molar-refractivity contribution in [2.75, 3.05) is 13.7 Å². The van der Waals surface area contributed by atoms with Crippen LogP contribution in [0.1, 0.15) is 5.56 Å². The summed E-state index contributed by atoms with van der Waals surface area (Å²) < 4.78 is 5.12. The molecule has 0 aromatic heterocycles. The zero-order chi connectivity index (χ0) is 10.5. The molecule has 0 radical (unpaired) electrons. The molecule has 0 amide bonds. The normalized spacial score (nSPS) is 14.3. The van der Waals surface area contributed by atoms with E-state index in [4.69, 9.17) is 4.74 Å². The number of hydrogen-bond acceptors (Lipinski definition) is 2. The number of methoxy groups -OCH3 is 1. The Kier molecular flexibility index (Phi) is 3.08. The van der Waals surface area contributed by atoms with E-state index in [1.165, 1.54) is 5.56 Å². The summed E-state index contributed by atoms with van der Waals surface area (Å²) in [7, 11) is 1.69. The van der Waals surface area contributed by atoms with Crippen LogP contribution < -0.4 is 4.74 Å². The van der Waals surface area contributed by atoms with Gasteiger partial charge in [-0.2, -0.15) is 0 Å². The average Bonchev–Trinajstić information content (AvgIpc) is 2.31. The molecule has 1 heterocycles. The predicted octanol–water partition coefficient (Wildman–Crippen LogP) is 2.58. The van der Waals surface area contributed by atoms with Crippen LogP contribution in [0.15, 0.2) is 48.7 Å². The van der Waals surface area contributed by atoms with Gasteiger partial charge in [0.05, 0.1) is 7.11 Å². The zero-order valence-electron chi connectivity index (χ0n) is 8.89. The van der Waals surface area contributed by atoms with Crippen LogP contribution in [-0.2, 0) is 6.54 Å². The van der Waals surface area contributed by atoms with E-state index in [1.807, 2.05) is 12.1 Å². The van der Waals surface area contributed by atoms with Gasteiger partial charge >= 0.3 is 0 Å². The van der Waals surface area contributed by atoms with Crippen LogP contribution in [0, 0.1) is 0 Å². The Morgan fingerprint density at radius 1 is 1.20 bits per heavy atom. The number of nitrogens with zero attached hydrogens (tertiary/aromatic N) is 1. The highest BCUT2D eigenvalue weighted by atomic mass is 16.5. The van der Waals surface area contributed by atoms with Gasteiger partial charge in [0, 0.05) is 13.1 Å². The third kappa shape index (κ3) is 2.62. The fourth-order valence-electron chi connectivity index (χ4n) is 1.59. The first kappa shape index (κ1) is 9.84. The first-order valence-electron chi connectivity index (χ1n) is 5.09. The van der Waals surface area contributed by atoms with Crippen molar-refractivity contribution in [2.45, 2.75) is 6.54 Å². The molecule has 0 bridgehead atoms. The van der Waals surface area contributed by atoms with E-state index < -0.39 is 0 Å². The summed E-state index contributed by atoms with van der Waals surface area (Å²) in [5.41, 5.74) is 1.30. The number of allylic oxidation sites excluding steroid dienone is 2. The van der Waals surface area contributed by atoms with Crippen LogP contribution in [0.4, 0.5) is 0 Å². The van der Waals surface area contributed by atoms with Gasteiger partial charge < -0.3 is 9.64 Å². The minimum atomic E-state index is 0.910. The minimum absolute atomic E-state index is 0.910. The molecular formula is C13H15NO. The lowest BCUT2D eigenvalue weighted by atomic mass is 10.2. The maximum absolute atomic E-state index is 5.12. The third-order valence-electron chi connectivity index (χ3n) is 2.43. The second-order valence-electron chi connectivity index (χ2n) is 3.55. The Morgan fingerprint density at radius 2 is 2.00 bits per heavy atom. The molecule has 0 fully saturated rings. The average molecular weight is 201 g/mol. The third-order valence-corrected chi connectivity index (χ3v) is 2.43. The molecule has 1 aromatic carbocycles. The van der Waals surface area contributed by atoms with E-state index in [9.17, 15) is 0 Å². The lowest BCUT2D eigenvalue weighted by Crippen LogP contribution is -2.17. The summed E-state index contributed by atoms with van der Waals surface area (Å²) in [5.74, 6) is 0.910. The molecule has 0 spiro atoms. The molecule has 0 unspecified atom stereocenters. The monoisotopic (exact) mass is 201 g/mol. The van der Waals surface area contributed by atoms with Gasteiger partial charge in [0.25, 0.3) is 0 Å². The van der Waals surface area contributed by atoms with Crippen molar-refractivity contribution in [1.82, 2.24) is 4.90 Å². The van der Waals surface area contributed by atoms with Crippen molar-refractivity contribution in [3.05, 3.63) is 54.3 Å². The largest absolute Gasteiger partial charge is 0.497 e. The van der Waals surface area contributed by atoms with Crippen LogP contribution in [0.25, 0.3) is 0 Å². The molecule has 0 N–H and O–H groups in total. The Hall–Kier alpha value is -1.70. The highest BCUT2D eigenvalue weighted by Gasteiger charge is 2.01. The quantitative estimate of drug-likeness (QED) is 0.745. The Bertz CT molecular complexity index is 365. The van der Waals surface area contributed by atoms with E-state index in [2.05, 4.69) is 41.5 Å². The van der Waals surface area contributed by atoms with Gasteiger partial charge in [-0.05, 0) is 30.0 Å². The molecule has 0 atom stereocenters. The summed E-state index contributed by atoms with van der Waals surface area (Å²) in [6, 6.07) is 8.20. The SMILES string of the molecule is COc1ccc(CN2C=CC=CC2)cc1. The fourth-order valence-corrected chi connectivity index (χ4v) is 1.59. The lowest BCUT2D eigenvalue weighted by Gasteiger charge is -2.20. The smallest absolute Gasteiger partial charge is 0.118 e. The number of rotatable bonds is 3. The summed E-state index contributed by atoms with van der Waals surface area (Å²) in [5, 5.41) is 0. The van der Waals surface area contributed by atoms with E-state index in [1.54, 1.807) is 7.11 Å². The maximum atomic E-state index is 5.12. The lowest BCUT2D eigenvalue weighted by molar-refractivity contribution is 0.402. The molecule has 78 valence electrons. The van der Waals surface area contributed by atoms with Crippen LogP contribution >= 0.6 is 0 Å². The number of benzene rings is 1. The van der Waals surface area contributed by atoms with Gasteiger partial charge in [-0.15, -0.1) is 0 Å². The second-order valence-corrected chi connectivity index (χ2v) is 3.55. The second kappa shape index (κ2) is 4.69. The summed E-state index contributed by atoms with van der Waals surface area (Å²) in [6.07, 6.45) is 8.41. The molecule has 2 nitrogen and oxygen atoms in total. The summed E-state index contributed by atoms with van der Waals surface area (Å²) in [6.45, 7) is 1.94. The fraction of sp³-hybridized carbons (Fsp3) is 0.231. The number of ether oxygens (including phenoxy) is 1. The van der Waals surface area contributed by atoms with Gasteiger partial charge in [-0.25, -0.2) is 0 Å². The Labute approximate surface area is 90.5 Å². The van der Waals surface area contributed by atoms with Crippen molar-refractivity contribution in [3.63, 3.8) is 0 Å². The van der Waals surface area contributed by atoms with Crippen LogP contribution in [-0.4, -0.2) is 18.6 Å². The standard InChI is InChI=1S/C13H15NO/c1-15-13-7-5-12(6-8-13)11-14-9-3-2-4-10-14/h2-9H,10-11H2,1H3.